The number of hydrogen-bond acceptors (Lipinski definition) is 1. The lowest BCUT2D eigenvalue weighted by molar-refractivity contribution is 0.318. The standard InChI is InChI=1S/C30H43N/c1-21-16-24(23(3)26(18-21)29(4)12-8-6-9-13-29)20-25-17-22(2)19-27(28(25)31)30(5)14-10-7-11-15-30/h16-19H,6-15,20,31H2,1-5H3. The fourth-order valence-electron chi connectivity index (χ4n) is 6.67. The minimum absolute atomic E-state index is 0.242. The van der Waals surface area contributed by atoms with Gasteiger partial charge in [0.25, 0.3) is 0 Å². The van der Waals surface area contributed by atoms with E-state index in [0.29, 0.717) is 5.41 Å². The Bertz CT molecular complexity index is 862. The maximum Gasteiger partial charge on any atom is 0.0388 e. The molecule has 0 heterocycles. The quantitative estimate of drug-likeness (QED) is 0.498. The van der Waals surface area contributed by atoms with E-state index in [0.717, 1.165) is 12.1 Å². The predicted molar refractivity (Wildman–Crippen MR) is 135 cm³/mol. The zero-order valence-electron chi connectivity index (χ0n) is 20.7. The average Bonchev–Trinajstić information content (AvgIpc) is 2.73. The van der Waals surface area contributed by atoms with E-state index < -0.39 is 0 Å². The molecule has 2 aromatic carbocycles. The summed E-state index contributed by atoms with van der Waals surface area (Å²) in [6.45, 7) is 11.8. The van der Waals surface area contributed by atoms with Crippen LogP contribution < -0.4 is 5.73 Å². The number of aryl methyl sites for hydroxylation is 2. The molecule has 0 atom stereocenters. The van der Waals surface area contributed by atoms with Crippen LogP contribution in [0.25, 0.3) is 0 Å². The molecule has 0 saturated heterocycles. The molecule has 2 aliphatic rings. The van der Waals surface area contributed by atoms with E-state index in [-0.39, 0.29) is 5.41 Å². The molecule has 2 aromatic rings. The van der Waals surface area contributed by atoms with Gasteiger partial charge in [-0.15, -0.1) is 0 Å². The molecule has 2 aliphatic carbocycles. The minimum atomic E-state index is 0.242. The molecule has 1 nitrogen and oxygen atoms in total. The monoisotopic (exact) mass is 417 g/mol. The summed E-state index contributed by atoms with van der Waals surface area (Å²) in [5, 5.41) is 0. The highest BCUT2D eigenvalue weighted by Crippen LogP contribution is 2.44. The Kier molecular flexibility index (Phi) is 6.25. The van der Waals surface area contributed by atoms with Crippen LogP contribution in [0.15, 0.2) is 24.3 Å². The van der Waals surface area contributed by atoms with E-state index in [4.69, 9.17) is 5.73 Å². The summed E-state index contributed by atoms with van der Waals surface area (Å²) in [7, 11) is 0. The first kappa shape index (κ1) is 22.4. The van der Waals surface area contributed by atoms with Crippen molar-refractivity contribution in [3.63, 3.8) is 0 Å². The summed E-state index contributed by atoms with van der Waals surface area (Å²) in [4.78, 5) is 0. The first-order chi connectivity index (χ1) is 14.7. The van der Waals surface area contributed by atoms with Crippen molar-refractivity contribution < 1.29 is 0 Å². The molecule has 0 bridgehead atoms. The van der Waals surface area contributed by atoms with Crippen LogP contribution in [0.5, 0.6) is 0 Å². The molecule has 0 radical (unpaired) electrons. The van der Waals surface area contributed by atoms with Crippen molar-refractivity contribution in [1.82, 2.24) is 0 Å². The number of hydrogen-bond donors (Lipinski definition) is 1. The fraction of sp³-hybridized carbons (Fsp3) is 0.600. The van der Waals surface area contributed by atoms with Crippen molar-refractivity contribution in [3.8, 4) is 0 Å². The number of nitrogens with two attached hydrogens (primary N) is 1. The van der Waals surface area contributed by atoms with Gasteiger partial charge in [0.05, 0.1) is 0 Å². The van der Waals surface area contributed by atoms with Crippen LogP contribution >= 0.6 is 0 Å². The van der Waals surface area contributed by atoms with Crippen molar-refractivity contribution in [2.24, 2.45) is 0 Å². The highest BCUT2D eigenvalue weighted by molar-refractivity contribution is 5.60. The van der Waals surface area contributed by atoms with Gasteiger partial charge in [-0.25, -0.2) is 0 Å². The topological polar surface area (TPSA) is 26.0 Å². The molecule has 0 aliphatic heterocycles. The average molecular weight is 418 g/mol. The summed E-state index contributed by atoms with van der Waals surface area (Å²) in [5.41, 5.74) is 18.6. The van der Waals surface area contributed by atoms with Crippen molar-refractivity contribution in [2.75, 3.05) is 5.73 Å². The maximum absolute atomic E-state index is 6.91. The Labute approximate surface area is 190 Å². The second kappa shape index (κ2) is 8.64. The molecule has 2 fully saturated rings. The Morgan fingerprint density at radius 1 is 0.645 bits per heavy atom. The van der Waals surface area contributed by atoms with Gasteiger partial charge in [0.2, 0.25) is 0 Å². The summed E-state index contributed by atoms with van der Waals surface area (Å²) in [6.07, 6.45) is 14.3. The van der Waals surface area contributed by atoms with E-state index in [9.17, 15) is 0 Å². The van der Waals surface area contributed by atoms with E-state index >= 15 is 0 Å². The molecule has 0 spiro atoms. The van der Waals surface area contributed by atoms with Gasteiger partial charge in [0.1, 0.15) is 0 Å². The number of nitrogen functional groups attached to an aromatic ring is 1. The van der Waals surface area contributed by atoms with Gasteiger partial charge >= 0.3 is 0 Å². The Balaban J connectivity index is 1.73. The second-order valence-corrected chi connectivity index (χ2v) is 11.4. The van der Waals surface area contributed by atoms with Gasteiger partial charge in [-0.1, -0.05) is 87.8 Å². The van der Waals surface area contributed by atoms with Crippen molar-refractivity contribution in [2.45, 2.75) is 116 Å². The van der Waals surface area contributed by atoms with Gasteiger partial charge < -0.3 is 5.73 Å². The van der Waals surface area contributed by atoms with Crippen molar-refractivity contribution in [1.29, 1.82) is 0 Å². The molecule has 2 N–H and O–H groups in total. The Morgan fingerprint density at radius 2 is 1.10 bits per heavy atom. The second-order valence-electron chi connectivity index (χ2n) is 11.4. The molecule has 0 aromatic heterocycles. The van der Waals surface area contributed by atoms with Gasteiger partial charge in [-0.2, -0.15) is 0 Å². The lowest BCUT2D eigenvalue weighted by Gasteiger charge is -2.37. The summed E-state index contributed by atoms with van der Waals surface area (Å²) >= 11 is 0. The van der Waals surface area contributed by atoms with Crippen LogP contribution in [-0.4, -0.2) is 0 Å². The van der Waals surface area contributed by atoms with E-state index in [1.54, 1.807) is 5.56 Å². The van der Waals surface area contributed by atoms with Crippen LogP contribution in [0.2, 0.25) is 0 Å². The maximum atomic E-state index is 6.91. The van der Waals surface area contributed by atoms with Crippen LogP contribution in [0.4, 0.5) is 5.69 Å². The van der Waals surface area contributed by atoms with E-state index in [1.807, 2.05) is 0 Å². The zero-order valence-corrected chi connectivity index (χ0v) is 20.7. The Morgan fingerprint density at radius 3 is 1.65 bits per heavy atom. The van der Waals surface area contributed by atoms with Crippen LogP contribution in [0, 0.1) is 20.8 Å². The molecule has 31 heavy (non-hydrogen) atoms. The zero-order chi connectivity index (χ0) is 22.2. The summed E-state index contributed by atoms with van der Waals surface area (Å²) in [5.74, 6) is 0. The minimum Gasteiger partial charge on any atom is -0.398 e. The fourth-order valence-corrected chi connectivity index (χ4v) is 6.67. The number of anilines is 1. The van der Waals surface area contributed by atoms with Crippen LogP contribution in [-0.2, 0) is 17.3 Å². The highest BCUT2D eigenvalue weighted by Gasteiger charge is 2.33. The summed E-state index contributed by atoms with van der Waals surface area (Å²) in [6, 6.07) is 9.60. The molecule has 0 unspecified atom stereocenters. The molecule has 2 saturated carbocycles. The molecule has 4 rings (SSSR count). The molecule has 1 heteroatoms. The van der Waals surface area contributed by atoms with Crippen LogP contribution in [0.1, 0.15) is 117 Å². The SMILES string of the molecule is Cc1cc(Cc2cc(C)cc(C3(C)CCCCC3)c2N)c(C)c(C2(C)CCCCC2)c1. The van der Waals surface area contributed by atoms with E-state index in [2.05, 4.69) is 58.9 Å². The normalized spacial score (nSPS) is 20.5. The largest absolute Gasteiger partial charge is 0.398 e. The molecule has 0 amide bonds. The molecule has 168 valence electrons. The van der Waals surface area contributed by atoms with Gasteiger partial charge in [-0.05, 0) is 91.5 Å². The highest BCUT2D eigenvalue weighted by atomic mass is 14.6. The van der Waals surface area contributed by atoms with Crippen molar-refractivity contribution in [3.05, 3.63) is 63.2 Å². The predicted octanol–water partition coefficient (Wildman–Crippen LogP) is 8.23. The van der Waals surface area contributed by atoms with Gasteiger partial charge in [0.15, 0.2) is 0 Å². The third-order valence-electron chi connectivity index (χ3n) is 8.67. The molecular weight excluding hydrogens is 374 g/mol. The third-order valence-corrected chi connectivity index (χ3v) is 8.67. The first-order valence-electron chi connectivity index (χ1n) is 12.7. The first-order valence-corrected chi connectivity index (χ1v) is 12.7. The van der Waals surface area contributed by atoms with Gasteiger partial charge in [-0.3, -0.25) is 0 Å². The van der Waals surface area contributed by atoms with E-state index in [1.165, 1.54) is 97.6 Å². The molecular formula is C30H43N. The summed E-state index contributed by atoms with van der Waals surface area (Å²) < 4.78 is 0. The number of benzene rings is 2. The van der Waals surface area contributed by atoms with Gasteiger partial charge in [0, 0.05) is 5.69 Å². The smallest absolute Gasteiger partial charge is 0.0388 e. The lowest BCUT2D eigenvalue weighted by atomic mass is 9.68. The number of rotatable bonds is 4. The van der Waals surface area contributed by atoms with Crippen molar-refractivity contribution >= 4 is 5.69 Å². The Hall–Kier alpha value is -1.76. The van der Waals surface area contributed by atoms with Crippen LogP contribution in [0.3, 0.4) is 0 Å². The third kappa shape index (κ3) is 4.43. The lowest BCUT2D eigenvalue weighted by Crippen LogP contribution is -2.27.